The van der Waals surface area contributed by atoms with E-state index in [4.69, 9.17) is 9.47 Å². The van der Waals surface area contributed by atoms with Crippen LogP contribution in [0.2, 0.25) is 0 Å². The summed E-state index contributed by atoms with van der Waals surface area (Å²) in [5, 5.41) is 2.99. The summed E-state index contributed by atoms with van der Waals surface area (Å²) in [6, 6.07) is 7.58. The molecule has 1 aromatic rings. The quantitative estimate of drug-likeness (QED) is 0.593. The predicted molar refractivity (Wildman–Crippen MR) is 120 cm³/mol. The number of carbonyl (C=O) groups is 1. The van der Waals surface area contributed by atoms with Crippen LogP contribution >= 0.6 is 0 Å². The average molecular weight is 418 g/mol. The molecule has 168 valence electrons. The van der Waals surface area contributed by atoms with Crippen LogP contribution in [0, 0.1) is 5.92 Å². The molecular formula is C24H39N3O3. The molecule has 1 amide bonds. The van der Waals surface area contributed by atoms with Crippen LogP contribution in [-0.2, 0) is 4.79 Å². The maximum atomic E-state index is 12.3. The first-order valence-corrected chi connectivity index (χ1v) is 11.8. The highest BCUT2D eigenvalue weighted by Crippen LogP contribution is 2.24. The zero-order valence-electron chi connectivity index (χ0n) is 18.6. The van der Waals surface area contributed by atoms with Gasteiger partial charge in [0.2, 0.25) is 5.91 Å². The molecule has 30 heavy (non-hydrogen) atoms. The van der Waals surface area contributed by atoms with Crippen molar-refractivity contribution in [1.29, 1.82) is 0 Å². The van der Waals surface area contributed by atoms with E-state index >= 15 is 0 Å². The zero-order chi connectivity index (χ0) is 21.0. The number of hydrogen-bond donors (Lipinski definition) is 1. The van der Waals surface area contributed by atoms with Crippen molar-refractivity contribution in [1.82, 2.24) is 15.1 Å². The van der Waals surface area contributed by atoms with E-state index in [1.54, 1.807) is 0 Å². The van der Waals surface area contributed by atoms with Gasteiger partial charge in [0.05, 0.1) is 19.7 Å². The third kappa shape index (κ3) is 8.15. The van der Waals surface area contributed by atoms with Gasteiger partial charge >= 0.3 is 0 Å². The number of nitrogens with one attached hydrogen (secondary N) is 1. The summed E-state index contributed by atoms with van der Waals surface area (Å²) in [7, 11) is 0. The fourth-order valence-electron chi connectivity index (χ4n) is 4.52. The van der Waals surface area contributed by atoms with Crippen molar-refractivity contribution >= 4 is 5.91 Å². The summed E-state index contributed by atoms with van der Waals surface area (Å²) < 4.78 is 11.1. The molecule has 0 bridgehead atoms. The molecule has 6 nitrogen and oxygen atoms in total. The summed E-state index contributed by atoms with van der Waals surface area (Å²) in [5.41, 5.74) is 0. The van der Waals surface area contributed by atoms with E-state index in [9.17, 15) is 4.79 Å². The maximum Gasteiger partial charge on any atom is 0.234 e. The first-order chi connectivity index (χ1) is 14.7. The molecule has 0 radical (unpaired) electrons. The topological polar surface area (TPSA) is 54.0 Å². The van der Waals surface area contributed by atoms with Crippen molar-refractivity contribution in [3.8, 4) is 11.5 Å². The van der Waals surface area contributed by atoms with Gasteiger partial charge in [0.1, 0.15) is 18.1 Å². The molecule has 1 aliphatic carbocycles. The lowest BCUT2D eigenvalue weighted by Crippen LogP contribution is -2.40. The lowest BCUT2D eigenvalue weighted by molar-refractivity contribution is -0.122. The van der Waals surface area contributed by atoms with Crippen LogP contribution in [0.1, 0.15) is 45.4 Å². The molecule has 1 saturated carbocycles. The molecule has 3 rings (SSSR count). The van der Waals surface area contributed by atoms with E-state index in [0.717, 1.165) is 43.5 Å². The second-order valence-corrected chi connectivity index (χ2v) is 8.54. The van der Waals surface area contributed by atoms with E-state index in [-0.39, 0.29) is 5.91 Å². The molecule has 0 aromatic heterocycles. The lowest BCUT2D eigenvalue weighted by Gasteiger charge is -2.28. The average Bonchev–Trinajstić information content (AvgIpc) is 2.98. The summed E-state index contributed by atoms with van der Waals surface area (Å²) >= 11 is 0. The van der Waals surface area contributed by atoms with Crippen molar-refractivity contribution in [2.24, 2.45) is 5.92 Å². The van der Waals surface area contributed by atoms with Crippen LogP contribution in [0.4, 0.5) is 0 Å². The third-order valence-corrected chi connectivity index (χ3v) is 6.12. The van der Waals surface area contributed by atoms with Crippen LogP contribution in [0.3, 0.4) is 0 Å². The van der Waals surface area contributed by atoms with Gasteiger partial charge in [-0.3, -0.25) is 9.69 Å². The fourth-order valence-corrected chi connectivity index (χ4v) is 4.52. The van der Waals surface area contributed by atoms with E-state index in [2.05, 4.69) is 15.1 Å². The van der Waals surface area contributed by atoms with E-state index in [0.29, 0.717) is 26.3 Å². The van der Waals surface area contributed by atoms with Crippen molar-refractivity contribution in [3.05, 3.63) is 24.3 Å². The first kappa shape index (κ1) is 22.9. The number of ether oxygens (including phenoxy) is 2. The normalized spacial score (nSPS) is 19.2. The molecule has 2 aliphatic rings. The third-order valence-electron chi connectivity index (χ3n) is 6.12. The lowest BCUT2D eigenvalue weighted by atomic mass is 9.89. The highest BCUT2D eigenvalue weighted by Gasteiger charge is 2.21. The van der Waals surface area contributed by atoms with Crippen LogP contribution in [0.15, 0.2) is 24.3 Å². The monoisotopic (exact) mass is 417 g/mol. The van der Waals surface area contributed by atoms with Gasteiger partial charge in [0.25, 0.3) is 0 Å². The zero-order valence-corrected chi connectivity index (χ0v) is 18.6. The molecule has 0 atom stereocenters. The first-order valence-electron chi connectivity index (χ1n) is 11.8. The van der Waals surface area contributed by atoms with E-state index < -0.39 is 0 Å². The SMILES string of the molecule is CCOc1ccc(OCCNC(=O)CN2CCCN(CC3CCCCC3)CC2)cc1. The highest BCUT2D eigenvalue weighted by atomic mass is 16.5. The Balaban J connectivity index is 1.28. The van der Waals surface area contributed by atoms with E-state index in [1.807, 2.05) is 31.2 Å². The Morgan fingerprint density at radius 1 is 0.933 bits per heavy atom. The van der Waals surface area contributed by atoms with E-state index in [1.165, 1.54) is 45.2 Å². The van der Waals surface area contributed by atoms with Crippen LogP contribution < -0.4 is 14.8 Å². The summed E-state index contributed by atoms with van der Waals surface area (Å²) in [6.45, 7) is 9.61. The Morgan fingerprint density at radius 3 is 2.33 bits per heavy atom. The van der Waals surface area contributed by atoms with Crippen LogP contribution in [-0.4, -0.2) is 74.7 Å². The van der Waals surface area contributed by atoms with Crippen molar-refractivity contribution in [2.45, 2.75) is 45.4 Å². The van der Waals surface area contributed by atoms with Gasteiger partial charge in [-0.2, -0.15) is 0 Å². The Kier molecular flexibility index (Phi) is 9.77. The van der Waals surface area contributed by atoms with Gasteiger partial charge in [0.15, 0.2) is 0 Å². The van der Waals surface area contributed by atoms with Gasteiger partial charge < -0.3 is 19.7 Å². The summed E-state index contributed by atoms with van der Waals surface area (Å²) in [4.78, 5) is 17.2. The molecule has 1 aliphatic heterocycles. The van der Waals surface area contributed by atoms with Crippen LogP contribution in [0.25, 0.3) is 0 Å². The highest BCUT2D eigenvalue weighted by molar-refractivity contribution is 5.78. The Hall–Kier alpha value is -1.79. The fraction of sp³-hybridized carbons (Fsp3) is 0.708. The largest absolute Gasteiger partial charge is 0.494 e. The number of carbonyl (C=O) groups excluding carboxylic acids is 1. The van der Waals surface area contributed by atoms with Crippen molar-refractivity contribution < 1.29 is 14.3 Å². The standard InChI is InChI=1S/C24H39N3O3/c1-2-29-22-9-11-23(12-10-22)30-18-13-25-24(28)20-27-15-6-14-26(16-17-27)19-21-7-4-3-5-8-21/h9-12,21H,2-8,13-20H2,1H3,(H,25,28). The molecule has 0 unspecified atom stereocenters. The number of nitrogens with zero attached hydrogens (tertiary/aromatic N) is 2. The second-order valence-electron chi connectivity index (χ2n) is 8.54. The molecule has 0 spiro atoms. The minimum atomic E-state index is 0.0889. The summed E-state index contributed by atoms with van der Waals surface area (Å²) in [6.07, 6.45) is 8.20. The molecule has 1 aromatic carbocycles. The molecule has 2 fully saturated rings. The molecule has 6 heteroatoms. The Bertz CT molecular complexity index is 617. The van der Waals surface area contributed by atoms with Crippen molar-refractivity contribution in [2.75, 3.05) is 59.0 Å². The maximum absolute atomic E-state index is 12.3. The van der Waals surface area contributed by atoms with Gasteiger partial charge in [-0.15, -0.1) is 0 Å². The number of hydrogen-bond acceptors (Lipinski definition) is 5. The van der Waals surface area contributed by atoms with Crippen LogP contribution in [0.5, 0.6) is 11.5 Å². The molecule has 1 saturated heterocycles. The second kappa shape index (κ2) is 12.8. The number of rotatable bonds is 10. The molecular weight excluding hydrogens is 378 g/mol. The van der Waals surface area contributed by atoms with Gasteiger partial charge in [-0.1, -0.05) is 19.3 Å². The summed E-state index contributed by atoms with van der Waals surface area (Å²) in [5.74, 6) is 2.61. The minimum absolute atomic E-state index is 0.0889. The van der Waals surface area contributed by atoms with Gasteiger partial charge in [-0.05, 0) is 69.5 Å². The van der Waals surface area contributed by atoms with Gasteiger partial charge in [0, 0.05) is 19.6 Å². The number of benzene rings is 1. The Morgan fingerprint density at radius 2 is 1.60 bits per heavy atom. The van der Waals surface area contributed by atoms with Gasteiger partial charge in [-0.25, -0.2) is 0 Å². The Labute approximate surface area is 181 Å². The smallest absolute Gasteiger partial charge is 0.234 e. The molecule has 1 N–H and O–H groups in total. The van der Waals surface area contributed by atoms with Crippen molar-refractivity contribution in [3.63, 3.8) is 0 Å². The minimum Gasteiger partial charge on any atom is -0.494 e. The predicted octanol–water partition coefficient (Wildman–Crippen LogP) is 3.17. The number of amides is 1. The molecule has 1 heterocycles.